The quantitative estimate of drug-likeness (QED) is 0.480. The number of rotatable bonds is 5. The van der Waals surface area contributed by atoms with Crippen LogP contribution in [0, 0.1) is 5.92 Å². The topological polar surface area (TPSA) is 102 Å². The molecule has 1 saturated carbocycles. The second-order valence-electron chi connectivity index (χ2n) is 8.83. The average Bonchev–Trinajstić information content (AvgIpc) is 2.82. The van der Waals surface area contributed by atoms with Crippen molar-refractivity contribution in [3.05, 3.63) is 76.0 Å². The zero-order valence-electron chi connectivity index (χ0n) is 19.1. The molecule has 2 aliphatic rings. The molecular formula is C26H28ClN3O4. The van der Waals surface area contributed by atoms with E-state index in [0.29, 0.717) is 29.2 Å². The van der Waals surface area contributed by atoms with Gasteiger partial charge in [0.25, 0.3) is 5.91 Å². The number of fused-ring (bicyclic) bond motifs is 1. The maximum absolute atomic E-state index is 13.4. The molecule has 0 aromatic heterocycles. The second-order valence-corrected chi connectivity index (χ2v) is 9.23. The molecule has 1 fully saturated rings. The van der Waals surface area contributed by atoms with Crippen LogP contribution in [-0.4, -0.2) is 30.4 Å². The van der Waals surface area contributed by atoms with Crippen LogP contribution >= 0.6 is 11.6 Å². The number of hydrogen-bond donors (Lipinski definition) is 2. The number of benzene rings is 2. The zero-order valence-corrected chi connectivity index (χ0v) is 19.8. The number of halogens is 1. The number of nitrogens with one attached hydrogen (secondary N) is 1. The summed E-state index contributed by atoms with van der Waals surface area (Å²) >= 11 is 6.36. The van der Waals surface area contributed by atoms with Crippen molar-refractivity contribution >= 4 is 35.1 Å². The van der Waals surface area contributed by atoms with Crippen LogP contribution in [0.1, 0.15) is 48.5 Å². The molecule has 2 unspecified atom stereocenters. The van der Waals surface area contributed by atoms with Gasteiger partial charge in [-0.2, -0.15) is 0 Å². The van der Waals surface area contributed by atoms with E-state index < -0.39 is 11.9 Å². The third-order valence-corrected chi connectivity index (χ3v) is 6.72. The predicted molar refractivity (Wildman–Crippen MR) is 131 cm³/mol. The van der Waals surface area contributed by atoms with E-state index in [9.17, 15) is 14.4 Å². The summed E-state index contributed by atoms with van der Waals surface area (Å²) in [7, 11) is 0. The first-order valence-electron chi connectivity index (χ1n) is 11.4. The third kappa shape index (κ3) is 4.94. The van der Waals surface area contributed by atoms with Gasteiger partial charge < -0.3 is 20.7 Å². The molecule has 2 aromatic rings. The normalized spacial score (nSPS) is 21.6. The highest BCUT2D eigenvalue weighted by Gasteiger charge is 2.41. The Morgan fingerprint density at radius 1 is 1.15 bits per heavy atom. The van der Waals surface area contributed by atoms with Crippen molar-refractivity contribution in [3.63, 3.8) is 0 Å². The molecule has 1 heterocycles. The molecule has 1 aliphatic carbocycles. The van der Waals surface area contributed by atoms with Gasteiger partial charge in [0.1, 0.15) is 12.2 Å². The standard InChI is InChI=1S/C26H28ClN3O4/c1-16(28)22-24(31)23-20(27)11-6-12-21(23)30(25(22)32)19-10-5-9-18(13-19)14-29-26(33)34-15-17-7-3-2-4-8-17/h2-4,6-8,11-12,18-19H,5,9-10,13-15,28H2,1H3,(H,29,33). The van der Waals surface area contributed by atoms with Crippen LogP contribution in [0.25, 0.3) is 0 Å². The summed E-state index contributed by atoms with van der Waals surface area (Å²) in [6.45, 7) is 2.22. The molecular weight excluding hydrogens is 454 g/mol. The number of Topliss-reactive ketones (excluding diaryl/α,β-unsaturated/α-hetero) is 1. The van der Waals surface area contributed by atoms with Crippen molar-refractivity contribution in [3.8, 4) is 0 Å². The molecule has 0 bridgehead atoms. The number of nitrogens with zero attached hydrogens (tertiary/aromatic N) is 1. The van der Waals surface area contributed by atoms with Gasteiger partial charge in [0.2, 0.25) is 5.78 Å². The number of hydrogen-bond acceptors (Lipinski definition) is 5. The van der Waals surface area contributed by atoms with Crippen molar-refractivity contribution < 1.29 is 19.1 Å². The molecule has 0 radical (unpaired) electrons. The van der Waals surface area contributed by atoms with E-state index in [0.717, 1.165) is 24.8 Å². The SMILES string of the molecule is CC(N)=C1C(=O)c2c(Cl)cccc2N(C2CCCC(CNC(=O)OCc3ccccc3)C2)C1=O. The number of ketones is 1. The van der Waals surface area contributed by atoms with Crippen LogP contribution < -0.4 is 16.0 Å². The van der Waals surface area contributed by atoms with Crippen LogP contribution in [0.5, 0.6) is 0 Å². The first-order valence-corrected chi connectivity index (χ1v) is 11.8. The number of ether oxygens (including phenoxy) is 1. The van der Waals surface area contributed by atoms with Gasteiger partial charge in [0.15, 0.2) is 0 Å². The first-order chi connectivity index (χ1) is 16.4. The van der Waals surface area contributed by atoms with Gasteiger partial charge in [-0.05, 0) is 49.8 Å². The molecule has 1 aliphatic heterocycles. The Morgan fingerprint density at radius 2 is 1.91 bits per heavy atom. The van der Waals surface area contributed by atoms with E-state index in [2.05, 4.69) is 5.32 Å². The Morgan fingerprint density at radius 3 is 2.65 bits per heavy atom. The van der Waals surface area contributed by atoms with Gasteiger partial charge in [0.05, 0.1) is 16.3 Å². The summed E-state index contributed by atoms with van der Waals surface area (Å²) in [4.78, 5) is 40.2. The lowest BCUT2D eigenvalue weighted by Crippen LogP contribution is -2.49. The molecule has 8 heteroatoms. The zero-order chi connectivity index (χ0) is 24.2. The molecule has 7 nitrogen and oxygen atoms in total. The number of carbonyl (C=O) groups excluding carboxylic acids is 3. The Kier molecular flexibility index (Phi) is 7.22. The fourth-order valence-corrected chi connectivity index (χ4v) is 5.04. The summed E-state index contributed by atoms with van der Waals surface area (Å²) in [5.41, 5.74) is 7.85. The van der Waals surface area contributed by atoms with Crippen LogP contribution in [0.3, 0.4) is 0 Å². The van der Waals surface area contributed by atoms with E-state index in [4.69, 9.17) is 22.1 Å². The molecule has 2 amide bonds. The molecule has 3 N–H and O–H groups in total. The largest absolute Gasteiger partial charge is 0.445 e. The van der Waals surface area contributed by atoms with Crippen LogP contribution in [0.15, 0.2) is 59.8 Å². The van der Waals surface area contributed by atoms with E-state index in [1.165, 1.54) is 0 Å². The van der Waals surface area contributed by atoms with Gasteiger partial charge in [-0.3, -0.25) is 9.59 Å². The van der Waals surface area contributed by atoms with Crippen molar-refractivity contribution in [1.82, 2.24) is 5.32 Å². The van der Waals surface area contributed by atoms with Crippen LogP contribution in [0.4, 0.5) is 10.5 Å². The minimum Gasteiger partial charge on any atom is -0.445 e. The Balaban J connectivity index is 1.45. The van der Waals surface area contributed by atoms with Crippen molar-refractivity contribution in [1.29, 1.82) is 0 Å². The molecule has 34 heavy (non-hydrogen) atoms. The summed E-state index contributed by atoms with van der Waals surface area (Å²) < 4.78 is 5.30. The summed E-state index contributed by atoms with van der Waals surface area (Å²) in [6, 6.07) is 14.5. The van der Waals surface area contributed by atoms with Crippen molar-refractivity contribution in [2.24, 2.45) is 11.7 Å². The minimum atomic E-state index is -0.466. The lowest BCUT2D eigenvalue weighted by atomic mass is 9.82. The summed E-state index contributed by atoms with van der Waals surface area (Å²) in [5.74, 6) is -0.653. The van der Waals surface area contributed by atoms with Gasteiger partial charge in [0, 0.05) is 18.3 Å². The van der Waals surface area contributed by atoms with E-state index in [1.54, 1.807) is 30.0 Å². The van der Waals surface area contributed by atoms with Crippen molar-refractivity contribution in [2.45, 2.75) is 45.3 Å². The predicted octanol–water partition coefficient (Wildman–Crippen LogP) is 4.59. The molecule has 4 rings (SSSR count). The monoisotopic (exact) mass is 481 g/mol. The number of carbonyl (C=O) groups is 3. The Bertz CT molecular complexity index is 1130. The summed E-state index contributed by atoms with van der Waals surface area (Å²) in [6.07, 6.45) is 2.83. The highest BCUT2D eigenvalue weighted by atomic mass is 35.5. The number of nitrogens with two attached hydrogens (primary N) is 1. The molecule has 178 valence electrons. The van der Waals surface area contributed by atoms with Crippen molar-refractivity contribution in [2.75, 3.05) is 11.4 Å². The first kappa shape index (κ1) is 23.8. The lowest BCUT2D eigenvalue weighted by molar-refractivity contribution is -0.115. The van der Waals surface area contributed by atoms with E-state index in [1.807, 2.05) is 30.3 Å². The number of anilines is 1. The third-order valence-electron chi connectivity index (χ3n) is 6.40. The van der Waals surface area contributed by atoms with E-state index >= 15 is 0 Å². The van der Waals surface area contributed by atoms with Gasteiger partial charge >= 0.3 is 6.09 Å². The maximum atomic E-state index is 13.4. The fourth-order valence-electron chi connectivity index (χ4n) is 4.78. The second kappa shape index (κ2) is 10.3. The molecule has 2 atom stereocenters. The number of amides is 2. The number of allylic oxidation sites excluding steroid dienone is 1. The highest BCUT2D eigenvalue weighted by molar-refractivity contribution is 6.42. The maximum Gasteiger partial charge on any atom is 0.407 e. The lowest BCUT2D eigenvalue weighted by Gasteiger charge is -2.40. The van der Waals surface area contributed by atoms with Crippen LogP contribution in [0.2, 0.25) is 5.02 Å². The van der Waals surface area contributed by atoms with Gasteiger partial charge in [-0.15, -0.1) is 0 Å². The highest BCUT2D eigenvalue weighted by Crippen LogP contribution is 2.40. The average molecular weight is 482 g/mol. The molecule has 2 aromatic carbocycles. The minimum absolute atomic E-state index is 0.0228. The summed E-state index contributed by atoms with van der Waals surface area (Å²) in [5, 5.41) is 3.15. The Hall–Kier alpha value is -3.32. The van der Waals surface area contributed by atoms with Gasteiger partial charge in [-0.1, -0.05) is 54.4 Å². The number of alkyl carbamates (subject to hydrolysis) is 1. The fraction of sp³-hybridized carbons (Fsp3) is 0.346. The molecule has 0 spiro atoms. The smallest absolute Gasteiger partial charge is 0.407 e. The van der Waals surface area contributed by atoms with Crippen LogP contribution in [-0.2, 0) is 16.1 Å². The molecule has 0 saturated heterocycles. The van der Waals surface area contributed by atoms with Gasteiger partial charge in [-0.25, -0.2) is 4.79 Å². The van der Waals surface area contributed by atoms with E-state index in [-0.39, 0.29) is 35.7 Å². The Labute approximate surface area is 203 Å².